The Balaban J connectivity index is 1.88. The molecule has 0 bridgehead atoms. The predicted molar refractivity (Wildman–Crippen MR) is 75.3 cm³/mol. The lowest BCUT2D eigenvalue weighted by atomic mass is 10.2. The molecule has 1 aromatic carbocycles. The summed E-state index contributed by atoms with van der Waals surface area (Å²) in [5, 5.41) is 9.77. The van der Waals surface area contributed by atoms with Crippen LogP contribution in [0.15, 0.2) is 18.2 Å². The van der Waals surface area contributed by atoms with E-state index in [1.54, 1.807) is 12.1 Å². The first-order valence-corrected chi connectivity index (χ1v) is 6.95. The smallest absolute Gasteiger partial charge is 0.222 e. The number of aromatic hydroxyl groups is 1. The van der Waals surface area contributed by atoms with Gasteiger partial charge in [0.1, 0.15) is 5.75 Å². The van der Waals surface area contributed by atoms with Gasteiger partial charge in [-0.1, -0.05) is 24.6 Å². The minimum atomic E-state index is 0.115. The number of hydrogen-bond donors (Lipinski definition) is 1. The summed E-state index contributed by atoms with van der Waals surface area (Å²) in [6.07, 6.45) is 0.577. The van der Waals surface area contributed by atoms with E-state index < -0.39 is 0 Å². The van der Waals surface area contributed by atoms with E-state index >= 15 is 0 Å². The zero-order valence-corrected chi connectivity index (χ0v) is 11.9. The average Bonchev–Trinajstić information content (AvgIpc) is 2.43. The molecule has 0 spiro atoms. The lowest BCUT2D eigenvalue weighted by Gasteiger charge is -2.34. The molecule has 1 fully saturated rings. The summed E-state index contributed by atoms with van der Waals surface area (Å²) in [7, 11) is 0. The van der Waals surface area contributed by atoms with Gasteiger partial charge < -0.3 is 10.0 Å². The molecule has 1 aliphatic rings. The number of amides is 1. The van der Waals surface area contributed by atoms with Crippen molar-refractivity contribution >= 4 is 17.5 Å². The summed E-state index contributed by atoms with van der Waals surface area (Å²) >= 11 is 5.89. The van der Waals surface area contributed by atoms with E-state index in [1.165, 1.54) is 0 Å². The molecule has 0 saturated carbocycles. The van der Waals surface area contributed by atoms with Crippen LogP contribution in [0.5, 0.6) is 5.75 Å². The van der Waals surface area contributed by atoms with Gasteiger partial charge in [0.2, 0.25) is 5.91 Å². The molecule has 0 radical (unpaired) electrons. The summed E-state index contributed by atoms with van der Waals surface area (Å²) in [5.41, 5.74) is 1.08. The summed E-state index contributed by atoms with van der Waals surface area (Å²) in [6.45, 7) is 6.03. The fourth-order valence-electron chi connectivity index (χ4n) is 2.29. The number of benzene rings is 1. The third-order valence-electron chi connectivity index (χ3n) is 3.45. The molecule has 1 heterocycles. The number of phenols is 1. The van der Waals surface area contributed by atoms with Crippen molar-refractivity contribution in [2.24, 2.45) is 0 Å². The van der Waals surface area contributed by atoms with Crippen LogP contribution in [0.2, 0.25) is 5.02 Å². The number of hydrogen-bond acceptors (Lipinski definition) is 3. The maximum atomic E-state index is 11.6. The molecule has 0 aromatic heterocycles. The van der Waals surface area contributed by atoms with Crippen molar-refractivity contribution in [2.45, 2.75) is 19.9 Å². The Morgan fingerprint density at radius 2 is 2.00 bits per heavy atom. The molecule has 1 aliphatic heterocycles. The van der Waals surface area contributed by atoms with Crippen LogP contribution in [0.1, 0.15) is 18.9 Å². The molecule has 104 valence electrons. The second kappa shape index (κ2) is 6.26. The van der Waals surface area contributed by atoms with Crippen LogP contribution in [0.3, 0.4) is 0 Å². The fourth-order valence-corrected chi connectivity index (χ4v) is 2.49. The number of halogens is 1. The van der Waals surface area contributed by atoms with Gasteiger partial charge in [0.15, 0.2) is 0 Å². The molecule has 5 heteroatoms. The van der Waals surface area contributed by atoms with Crippen molar-refractivity contribution in [2.75, 3.05) is 26.2 Å². The summed E-state index contributed by atoms with van der Waals surface area (Å²) in [5.74, 6) is 0.344. The largest absolute Gasteiger partial charge is 0.506 e. The van der Waals surface area contributed by atoms with Gasteiger partial charge in [0.05, 0.1) is 5.02 Å². The van der Waals surface area contributed by atoms with E-state index in [-0.39, 0.29) is 11.7 Å². The van der Waals surface area contributed by atoms with Crippen LogP contribution in [0.25, 0.3) is 0 Å². The highest BCUT2D eigenvalue weighted by Gasteiger charge is 2.19. The molecule has 1 aromatic rings. The number of carbonyl (C=O) groups is 1. The van der Waals surface area contributed by atoms with Crippen molar-refractivity contribution in [3.63, 3.8) is 0 Å². The Morgan fingerprint density at radius 1 is 1.32 bits per heavy atom. The molecular weight excluding hydrogens is 264 g/mol. The minimum Gasteiger partial charge on any atom is -0.506 e. The molecule has 2 rings (SSSR count). The number of piperazine rings is 1. The molecule has 0 atom stereocenters. The number of nitrogens with zero attached hydrogens (tertiary/aromatic N) is 2. The number of carbonyl (C=O) groups excluding carboxylic acids is 1. The topological polar surface area (TPSA) is 43.8 Å². The summed E-state index contributed by atoms with van der Waals surface area (Å²) in [6, 6.07) is 5.29. The third kappa shape index (κ3) is 3.61. The highest BCUT2D eigenvalue weighted by Crippen LogP contribution is 2.24. The van der Waals surface area contributed by atoms with E-state index in [2.05, 4.69) is 4.90 Å². The summed E-state index contributed by atoms with van der Waals surface area (Å²) in [4.78, 5) is 15.8. The molecule has 1 N–H and O–H groups in total. The van der Waals surface area contributed by atoms with E-state index in [9.17, 15) is 9.90 Å². The predicted octanol–water partition coefficient (Wildman–Crippen LogP) is 2.10. The van der Waals surface area contributed by atoms with Crippen molar-refractivity contribution in [1.82, 2.24) is 9.80 Å². The van der Waals surface area contributed by atoms with Crippen molar-refractivity contribution in [3.05, 3.63) is 28.8 Å². The van der Waals surface area contributed by atoms with Crippen LogP contribution in [0, 0.1) is 0 Å². The maximum absolute atomic E-state index is 11.6. The Kier molecular flexibility index (Phi) is 4.66. The summed E-state index contributed by atoms with van der Waals surface area (Å²) < 4.78 is 0. The Bertz CT molecular complexity index is 457. The van der Waals surface area contributed by atoms with Gasteiger partial charge in [-0.2, -0.15) is 0 Å². The second-order valence-corrected chi connectivity index (χ2v) is 5.20. The second-order valence-electron chi connectivity index (χ2n) is 4.80. The number of rotatable bonds is 3. The molecule has 0 unspecified atom stereocenters. The van der Waals surface area contributed by atoms with Crippen LogP contribution in [-0.2, 0) is 11.3 Å². The molecular formula is C14H19ClN2O2. The molecule has 1 saturated heterocycles. The lowest BCUT2D eigenvalue weighted by molar-refractivity contribution is -0.132. The van der Waals surface area contributed by atoms with Gasteiger partial charge in [-0.3, -0.25) is 9.69 Å². The van der Waals surface area contributed by atoms with Crippen molar-refractivity contribution in [1.29, 1.82) is 0 Å². The van der Waals surface area contributed by atoms with Gasteiger partial charge in [-0.25, -0.2) is 0 Å². The van der Waals surface area contributed by atoms with Crippen molar-refractivity contribution in [3.8, 4) is 5.75 Å². The average molecular weight is 283 g/mol. The Labute approximate surface area is 118 Å². The minimum absolute atomic E-state index is 0.115. The Hall–Kier alpha value is -1.26. The molecule has 1 amide bonds. The lowest BCUT2D eigenvalue weighted by Crippen LogP contribution is -2.48. The van der Waals surface area contributed by atoms with E-state index in [0.717, 1.165) is 38.3 Å². The van der Waals surface area contributed by atoms with E-state index in [0.29, 0.717) is 11.4 Å². The number of phenolic OH excluding ortho intramolecular Hbond substituents is 1. The zero-order chi connectivity index (χ0) is 13.8. The quantitative estimate of drug-likeness (QED) is 0.923. The van der Waals surface area contributed by atoms with Gasteiger partial charge in [0, 0.05) is 39.1 Å². The highest BCUT2D eigenvalue weighted by atomic mass is 35.5. The third-order valence-corrected chi connectivity index (χ3v) is 3.75. The van der Waals surface area contributed by atoms with Crippen LogP contribution in [0.4, 0.5) is 0 Å². The van der Waals surface area contributed by atoms with Gasteiger partial charge in [-0.05, 0) is 17.7 Å². The SMILES string of the molecule is CCC(=O)N1CCN(Cc2ccc(O)c(Cl)c2)CC1. The monoisotopic (exact) mass is 282 g/mol. The molecule has 0 aliphatic carbocycles. The molecule has 19 heavy (non-hydrogen) atoms. The van der Waals surface area contributed by atoms with E-state index in [1.807, 2.05) is 17.9 Å². The van der Waals surface area contributed by atoms with Crippen LogP contribution >= 0.6 is 11.6 Å². The standard InChI is InChI=1S/C14H19ClN2O2/c1-2-14(19)17-7-5-16(6-8-17)10-11-3-4-13(18)12(15)9-11/h3-4,9,18H,2,5-8,10H2,1H3. The first kappa shape index (κ1) is 14.2. The normalized spacial score (nSPS) is 16.6. The van der Waals surface area contributed by atoms with Gasteiger partial charge >= 0.3 is 0 Å². The van der Waals surface area contributed by atoms with Gasteiger partial charge in [0.25, 0.3) is 0 Å². The maximum Gasteiger partial charge on any atom is 0.222 e. The molecule has 4 nitrogen and oxygen atoms in total. The highest BCUT2D eigenvalue weighted by molar-refractivity contribution is 6.32. The van der Waals surface area contributed by atoms with E-state index in [4.69, 9.17) is 11.6 Å². The van der Waals surface area contributed by atoms with Gasteiger partial charge in [-0.15, -0.1) is 0 Å². The zero-order valence-electron chi connectivity index (χ0n) is 11.1. The fraction of sp³-hybridized carbons (Fsp3) is 0.500. The first-order chi connectivity index (χ1) is 9.10. The van der Waals surface area contributed by atoms with Crippen LogP contribution in [-0.4, -0.2) is 47.0 Å². The Morgan fingerprint density at radius 3 is 2.58 bits per heavy atom. The first-order valence-electron chi connectivity index (χ1n) is 6.57. The van der Waals surface area contributed by atoms with Crippen molar-refractivity contribution < 1.29 is 9.90 Å². The van der Waals surface area contributed by atoms with Crippen LogP contribution < -0.4 is 0 Å².